The van der Waals surface area contributed by atoms with Crippen LogP contribution in [0.25, 0.3) is 28.9 Å². The van der Waals surface area contributed by atoms with Crippen LogP contribution in [-0.2, 0) is 0 Å². The second-order valence-electron chi connectivity index (χ2n) is 5.47. The number of aromatic amines is 1. The van der Waals surface area contributed by atoms with Gasteiger partial charge in [0.15, 0.2) is 5.65 Å². The number of rotatable bonds is 3. The first-order valence-corrected chi connectivity index (χ1v) is 8.47. The van der Waals surface area contributed by atoms with Gasteiger partial charge in [-0.3, -0.25) is 4.79 Å². The van der Waals surface area contributed by atoms with Crippen molar-refractivity contribution in [3.8, 4) is 5.69 Å². The highest BCUT2D eigenvalue weighted by molar-refractivity contribution is 9.10. The minimum Gasteiger partial charge on any atom is -0.306 e. The van der Waals surface area contributed by atoms with Crippen LogP contribution in [0.1, 0.15) is 11.4 Å². The monoisotopic (exact) mass is 392 g/mol. The third-order valence-electron chi connectivity index (χ3n) is 3.74. The summed E-state index contributed by atoms with van der Waals surface area (Å²) >= 11 is 3.44. The molecule has 4 rings (SSSR count). The first kappa shape index (κ1) is 15.5. The number of fused-ring (bicyclic) bond motifs is 1. The highest BCUT2D eigenvalue weighted by atomic mass is 79.9. The Hall–Kier alpha value is -2.99. The molecular formula is C19H13BrN4O. The summed E-state index contributed by atoms with van der Waals surface area (Å²) < 4.78 is 2.66. The van der Waals surface area contributed by atoms with E-state index in [2.05, 4.69) is 31.0 Å². The number of halogens is 1. The van der Waals surface area contributed by atoms with Gasteiger partial charge in [0.25, 0.3) is 5.56 Å². The molecule has 6 heteroatoms. The number of hydrogen-bond donors (Lipinski definition) is 1. The topological polar surface area (TPSA) is 63.6 Å². The van der Waals surface area contributed by atoms with Crippen molar-refractivity contribution in [3.63, 3.8) is 0 Å². The molecule has 122 valence electrons. The second-order valence-corrected chi connectivity index (χ2v) is 6.38. The summed E-state index contributed by atoms with van der Waals surface area (Å²) in [6.45, 7) is 0. The quantitative estimate of drug-likeness (QED) is 0.572. The standard InChI is InChI=1S/C19H13BrN4O/c20-14-6-4-5-13(11-14)9-10-17-22-18-16(19(25)23-17)12-21-24(18)15-7-2-1-3-8-15/h1-12H,(H,22,23,25)/b10-9+. The Balaban J connectivity index is 1.80. The van der Waals surface area contributed by atoms with Gasteiger partial charge in [0, 0.05) is 4.47 Å². The molecule has 0 aliphatic rings. The number of hydrogen-bond acceptors (Lipinski definition) is 3. The Labute approximate surface area is 151 Å². The summed E-state index contributed by atoms with van der Waals surface area (Å²) in [5.41, 5.74) is 2.19. The van der Waals surface area contributed by atoms with Gasteiger partial charge in [-0.1, -0.05) is 52.3 Å². The molecule has 0 bridgehead atoms. The maximum Gasteiger partial charge on any atom is 0.262 e. The summed E-state index contributed by atoms with van der Waals surface area (Å²) in [7, 11) is 0. The number of para-hydroxylation sites is 1. The number of nitrogens with zero attached hydrogens (tertiary/aromatic N) is 3. The Kier molecular flexibility index (Phi) is 4.03. The van der Waals surface area contributed by atoms with Gasteiger partial charge in [0.1, 0.15) is 11.2 Å². The van der Waals surface area contributed by atoms with Crippen LogP contribution in [-0.4, -0.2) is 19.7 Å². The molecule has 0 unspecified atom stereocenters. The fourth-order valence-corrected chi connectivity index (χ4v) is 2.97. The predicted molar refractivity (Wildman–Crippen MR) is 103 cm³/mol. The lowest BCUT2D eigenvalue weighted by atomic mass is 10.2. The Morgan fingerprint density at radius 2 is 1.88 bits per heavy atom. The van der Waals surface area contributed by atoms with Crippen LogP contribution in [0.2, 0.25) is 0 Å². The van der Waals surface area contributed by atoms with E-state index in [4.69, 9.17) is 0 Å². The number of nitrogens with one attached hydrogen (secondary N) is 1. The molecule has 2 heterocycles. The first-order chi connectivity index (χ1) is 12.2. The zero-order valence-electron chi connectivity index (χ0n) is 13.1. The zero-order chi connectivity index (χ0) is 17.2. The molecule has 0 saturated heterocycles. The van der Waals surface area contributed by atoms with Gasteiger partial charge < -0.3 is 4.98 Å². The average molecular weight is 393 g/mol. The van der Waals surface area contributed by atoms with E-state index in [0.717, 1.165) is 15.7 Å². The van der Waals surface area contributed by atoms with Crippen LogP contribution in [0.15, 0.2) is 70.1 Å². The molecule has 25 heavy (non-hydrogen) atoms. The summed E-state index contributed by atoms with van der Waals surface area (Å²) in [6, 6.07) is 17.5. The fraction of sp³-hybridized carbons (Fsp3) is 0. The first-order valence-electron chi connectivity index (χ1n) is 7.68. The normalized spacial score (nSPS) is 11.4. The molecule has 5 nitrogen and oxygen atoms in total. The maximum atomic E-state index is 12.3. The molecule has 0 aliphatic carbocycles. The van der Waals surface area contributed by atoms with Crippen molar-refractivity contribution in [1.82, 2.24) is 19.7 Å². The lowest BCUT2D eigenvalue weighted by Gasteiger charge is -2.02. The lowest BCUT2D eigenvalue weighted by molar-refractivity contribution is 0.893. The minimum absolute atomic E-state index is 0.207. The van der Waals surface area contributed by atoms with Crippen LogP contribution < -0.4 is 5.56 Å². The molecule has 4 aromatic rings. The molecule has 2 aromatic heterocycles. The fourth-order valence-electron chi connectivity index (χ4n) is 2.56. The van der Waals surface area contributed by atoms with Gasteiger partial charge in [-0.25, -0.2) is 9.67 Å². The predicted octanol–water partition coefficient (Wildman–Crippen LogP) is 4.04. The number of aromatic nitrogens is 4. The van der Waals surface area contributed by atoms with E-state index in [-0.39, 0.29) is 5.56 Å². The molecule has 0 radical (unpaired) electrons. The van der Waals surface area contributed by atoms with Gasteiger partial charge in [-0.15, -0.1) is 0 Å². The van der Waals surface area contributed by atoms with Crippen molar-refractivity contribution in [1.29, 1.82) is 0 Å². The number of H-pyrrole nitrogens is 1. The summed E-state index contributed by atoms with van der Waals surface area (Å²) in [5.74, 6) is 0.482. The molecular weight excluding hydrogens is 380 g/mol. The molecule has 1 N–H and O–H groups in total. The van der Waals surface area contributed by atoms with Crippen molar-refractivity contribution in [2.75, 3.05) is 0 Å². The summed E-state index contributed by atoms with van der Waals surface area (Å²) in [5, 5.41) is 4.76. The van der Waals surface area contributed by atoms with E-state index in [9.17, 15) is 4.79 Å². The second kappa shape index (κ2) is 6.49. The van der Waals surface area contributed by atoms with Gasteiger partial charge in [0.05, 0.1) is 11.9 Å². The molecule has 0 aliphatic heterocycles. The minimum atomic E-state index is -0.207. The maximum absolute atomic E-state index is 12.3. The van der Waals surface area contributed by atoms with Gasteiger partial charge in [0.2, 0.25) is 0 Å². The third-order valence-corrected chi connectivity index (χ3v) is 4.23. The van der Waals surface area contributed by atoms with Crippen molar-refractivity contribution in [2.24, 2.45) is 0 Å². The van der Waals surface area contributed by atoms with Gasteiger partial charge in [-0.05, 0) is 35.9 Å². The van der Waals surface area contributed by atoms with Gasteiger partial charge in [-0.2, -0.15) is 5.10 Å². The smallest absolute Gasteiger partial charge is 0.262 e. The van der Waals surface area contributed by atoms with Crippen LogP contribution in [0, 0.1) is 0 Å². The Morgan fingerprint density at radius 1 is 1.04 bits per heavy atom. The Bertz CT molecular complexity index is 1130. The van der Waals surface area contributed by atoms with Crippen molar-refractivity contribution >= 4 is 39.1 Å². The lowest BCUT2D eigenvalue weighted by Crippen LogP contribution is -2.10. The van der Waals surface area contributed by atoms with Crippen molar-refractivity contribution in [2.45, 2.75) is 0 Å². The summed E-state index contributed by atoms with van der Waals surface area (Å²) in [6.07, 6.45) is 5.22. The van der Waals surface area contributed by atoms with E-state index < -0.39 is 0 Å². The highest BCUT2D eigenvalue weighted by Gasteiger charge is 2.10. The van der Waals surface area contributed by atoms with Crippen LogP contribution >= 0.6 is 15.9 Å². The largest absolute Gasteiger partial charge is 0.306 e. The van der Waals surface area contributed by atoms with E-state index in [1.165, 1.54) is 6.20 Å². The zero-order valence-corrected chi connectivity index (χ0v) is 14.6. The van der Waals surface area contributed by atoms with Crippen LogP contribution in [0.4, 0.5) is 0 Å². The molecule has 0 amide bonds. The summed E-state index contributed by atoms with van der Waals surface area (Å²) in [4.78, 5) is 19.7. The van der Waals surface area contributed by atoms with Crippen molar-refractivity contribution in [3.05, 3.63) is 87.0 Å². The molecule has 0 atom stereocenters. The van der Waals surface area contributed by atoms with Gasteiger partial charge >= 0.3 is 0 Å². The van der Waals surface area contributed by atoms with E-state index in [1.807, 2.05) is 60.7 Å². The molecule has 0 fully saturated rings. The number of benzene rings is 2. The highest BCUT2D eigenvalue weighted by Crippen LogP contribution is 2.15. The van der Waals surface area contributed by atoms with Crippen molar-refractivity contribution < 1.29 is 0 Å². The van der Waals surface area contributed by atoms with Crippen LogP contribution in [0.5, 0.6) is 0 Å². The van der Waals surface area contributed by atoms with Crippen LogP contribution in [0.3, 0.4) is 0 Å². The third kappa shape index (κ3) is 3.16. The van der Waals surface area contributed by atoms with E-state index in [0.29, 0.717) is 16.9 Å². The molecule has 2 aromatic carbocycles. The molecule has 0 spiro atoms. The van der Waals surface area contributed by atoms with E-state index >= 15 is 0 Å². The SMILES string of the molecule is O=c1[nH]c(/C=C/c2cccc(Br)c2)nc2c1cnn2-c1ccccc1. The Morgan fingerprint density at radius 3 is 2.68 bits per heavy atom. The van der Waals surface area contributed by atoms with E-state index in [1.54, 1.807) is 10.8 Å². The molecule has 0 saturated carbocycles. The average Bonchev–Trinajstić information content (AvgIpc) is 3.05.